The van der Waals surface area contributed by atoms with Crippen LogP contribution < -0.4 is 5.32 Å². The zero-order valence-corrected chi connectivity index (χ0v) is 20.5. The van der Waals surface area contributed by atoms with Crippen molar-refractivity contribution < 1.29 is 23.1 Å². The third-order valence-electron chi connectivity index (χ3n) is 5.26. The number of hydrogen-bond acceptors (Lipinski definition) is 6. The first-order valence-electron chi connectivity index (χ1n) is 11.2. The number of ketones is 1. The molecule has 0 fully saturated rings. The van der Waals surface area contributed by atoms with Crippen LogP contribution in [0, 0.1) is 0 Å². The van der Waals surface area contributed by atoms with Gasteiger partial charge in [-0.2, -0.15) is 0 Å². The van der Waals surface area contributed by atoms with Crippen molar-refractivity contribution in [2.75, 3.05) is 25.0 Å². The number of nitrogens with zero attached hydrogens (tertiary/aromatic N) is 2. The number of allylic oxidation sites excluding steroid dienone is 4. The Morgan fingerprint density at radius 3 is 2.86 bits per heavy atom. The Kier molecular flexibility index (Phi) is 7.17. The summed E-state index contributed by atoms with van der Waals surface area (Å²) in [5.74, 6) is 0.00427. The lowest BCUT2D eigenvalue weighted by Crippen LogP contribution is -2.38. The number of fused-ring (bicyclic) bond motifs is 1. The van der Waals surface area contributed by atoms with Gasteiger partial charge in [-0.3, -0.25) is 14.6 Å². The predicted octanol–water partition coefficient (Wildman–Crippen LogP) is 5.31. The Labute approximate surface area is 206 Å². The quantitative estimate of drug-likeness (QED) is 0.517. The highest BCUT2D eigenvalue weighted by Gasteiger charge is 2.35. The number of carbonyl (C=O) groups is 2. The van der Waals surface area contributed by atoms with Gasteiger partial charge in [0.25, 0.3) is 11.7 Å². The maximum atomic E-state index is 13.3. The monoisotopic (exact) mass is 500 g/mol. The zero-order chi connectivity index (χ0) is 25.2. The van der Waals surface area contributed by atoms with Crippen LogP contribution in [0.3, 0.4) is 0 Å². The second-order valence-corrected chi connectivity index (χ2v) is 10.9. The Morgan fingerprint density at radius 2 is 2.17 bits per heavy atom. The van der Waals surface area contributed by atoms with E-state index in [0.717, 1.165) is 0 Å². The molecule has 0 saturated carbocycles. The van der Waals surface area contributed by atoms with Crippen molar-refractivity contribution in [3.63, 3.8) is 0 Å². The summed E-state index contributed by atoms with van der Waals surface area (Å²) in [7, 11) is 0. The molecule has 2 aliphatic heterocycles. The van der Waals surface area contributed by atoms with Crippen LogP contribution in [0.15, 0.2) is 46.1 Å². The van der Waals surface area contributed by atoms with Crippen LogP contribution in [0.5, 0.6) is 0 Å². The number of ether oxygens (including phenoxy) is 1. The summed E-state index contributed by atoms with van der Waals surface area (Å²) >= 11 is 1.17. The van der Waals surface area contributed by atoms with E-state index in [1.165, 1.54) is 22.9 Å². The molecular formula is C25H26F2N4O3S. The highest BCUT2D eigenvalue weighted by atomic mass is 32.2. The fraction of sp³-hybridized carbons (Fsp3) is 0.400. The number of dihydropyridines is 1. The number of alkyl halides is 2. The minimum absolute atomic E-state index is 0.0548. The van der Waals surface area contributed by atoms with Crippen molar-refractivity contribution in [2.45, 2.75) is 44.9 Å². The highest BCUT2D eigenvalue weighted by Crippen LogP contribution is 2.39. The van der Waals surface area contributed by atoms with Crippen molar-refractivity contribution in [3.8, 4) is 0 Å². The normalized spacial score (nSPS) is 17.3. The van der Waals surface area contributed by atoms with Crippen LogP contribution in [-0.4, -0.2) is 58.0 Å². The van der Waals surface area contributed by atoms with E-state index in [1.807, 2.05) is 20.8 Å². The third kappa shape index (κ3) is 5.85. The SMILES string of the molecule is CC(C)(C)SC(=O)N1CC(=O)c2c([nH]c(C3=C(OCC(F)F)C=NCC3)c2NC2=C=C=CC=C2)C1. The molecule has 1 aliphatic carbocycles. The fourth-order valence-electron chi connectivity index (χ4n) is 3.90. The number of hydrogen-bond donors (Lipinski definition) is 2. The van der Waals surface area contributed by atoms with Gasteiger partial charge in [-0.25, -0.2) is 8.78 Å². The molecule has 0 unspecified atom stereocenters. The molecule has 1 aromatic heterocycles. The van der Waals surface area contributed by atoms with Gasteiger partial charge in [0, 0.05) is 22.6 Å². The minimum atomic E-state index is -2.63. The number of rotatable bonds is 6. The standard InChI is InChI=1S/C25H26F2N4O3S/c1-25(2,3)35-24(33)31-12-17-21(18(32)13-31)23(29-15-7-5-4-6-8-15)22(30-17)16-9-10-28-11-19(16)34-14-20(26)27/h4-5,7,11,20,29-30H,9-10,12-14H2,1-3H3. The van der Waals surface area contributed by atoms with Gasteiger partial charge in [0.15, 0.2) is 5.78 Å². The molecule has 1 amide bonds. The average Bonchev–Trinajstić information content (AvgIpc) is 3.16. The van der Waals surface area contributed by atoms with Crippen molar-refractivity contribution in [3.05, 3.63) is 58.1 Å². The van der Waals surface area contributed by atoms with Gasteiger partial charge in [0.2, 0.25) is 0 Å². The smallest absolute Gasteiger partial charge is 0.282 e. The third-order valence-corrected chi connectivity index (χ3v) is 6.31. The summed E-state index contributed by atoms with van der Waals surface area (Å²) in [6, 6.07) is 0. The summed E-state index contributed by atoms with van der Waals surface area (Å²) in [5.41, 5.74) is 9.11. The first kappa shape index (κ1) is 24.8. The molecule has 7 nitrogen and oxygen atoms in total. The molecule has 4 rings (SSSR count). The molecule has 3 heterocycles. The Hall–Kier alpha value is -3.32. The molecule has 184 valence electrons. The fourth-order valence-corrected chi connectivity index (χ4v) is 4.68. The second kappa shape index (κ2) is 10.1. The van der Waals surface area contributed by atoms with Crippen LogP contribution in [0.2, 0.25) is 0 Å². The van der Waals surface area contributed by atoms with E-state index >= 15 is 0 Å². The lowest BCUT2D eigenvalue weighted by molar-refractivity contribution is 0.0552. The van der Waals surface area contributed by atoms with Crippen molar-refractivity contribution in [1.82, 2.24) is 9.88 Å². The van der Waals surface area contributed by atoms with Crippen molar-refractivity contribution >= 4 is 40.3 Å². The van der Waals surface area contributed by atoms with E-state index < -0.39 is 13.0 Å². The van der Waals surface area contributed by atoms with Crippen LogP contribution in [0.25, 0.3) is 5.57 Å². The molecular weight excluding hydrogens is 474 g/mol. The molecule has 10 heteroatoms. The van der Waals surface area contributed by atoms with Crippen molar-refractivity contribution in [2.24, 2.45) is 4.99 Å². The number of aromatic amines is 1. The molecule has 3 aliphatic rings. The van der Waals surface area contributed by atoms with Gasteiger partial charge in [-0.15, -0.1) is 0 Å². The van der Waals surface area contributed by atoms with Gasteiger partial charge in [-0.05, 0) is 24.3 Å². The summed E-state index contributed by atoms with van der Waals surface area (Å²) in [6.45, 7) is 5.66. The molecule has 0 saturated heterocycles. The summed E-state index contributed by atoms with van der Waals surface area (Å²) < 4.78 is 30.8. The Morgan fingerprint density at radius 1 is 1.37 bits per heavy atom. The second-order valence-electron chi connectivity index (χ2n) is 9.15. The summed E-state index contributed by atoms with van der Waals surface area (Å²) in [4.78, 5) is 35.1. The van der Waals surface area contributed by atoms with E-state index in [2.05, 4.69) is 26.8 Å². The number of aliphatic imine (C=N–C) groups is 1. The minimum Gasteiger partial charge on any atom is -0.486 e. The number of H-pyrrole nitrogens is 1. The first-order chi connectivity index (χ1) is 16.6. The number of halogens is 2. The zero-order valence-electron chi connectivity index (χ0n) is 19.7. The molecule has 2 N–H and O–H groups in total. The van der Waals surface area contributed by atoms with E-state index in [4.69, 9.17) is 4.74 Å². The van der Waals surface area contributed by atoms with Gasteiger partial charge in [0.05, 0.1) is 41.9 Å². The molecule has 0 aromatic carbocycles. The molecule has 1 aromatic rings. The topological polar surface area (TPSA) is 86.8 Å². The molecule has 0 bridgehead atoms. The maximum Gasteiger partial charge on any atom is 0.282 e. The van der Waals surface area contributed by atoms with Gasteiger partial charge < -0.3 is 19.9 Å². The van der Waals surface area contributed by atoms with Crippen LogP contribution in [-0.2, 0) is 11.3 Å². The lowest BCUT2D eigenvalue weighted by atomic mass is 10.00. The average molecular weight is 501 g/mol. The number of amides is 1. The summed E-state index contributed by atoms with van der Waals surface area (Å²) in [5, 5.41) is 3.06. The molecule has 0 spiro atoms. The first-order valence-corrected chi connectivity index (χ1v) is 12.0. The number of aromatic nitrogens is 1. The number of nitrogens with one attached hydrogen (secondary N) is 2. The predicted molar refractivity (Wildman–Crippen MR) is 133 cm³/mol. The van der Waals surface area contributed by atoms with Gasteiger partial charge >= 0.3 is 0 Å². The van der Waals surface area contributed by atoms with E-state index in [1.54, 1.807) is 18.2 Å². The lowest BCUT2D eigenvalue weighted by Gasteiger charge is -2.28. The Bertz CT molecular complexity index is 1240. The van der Waals surface area contributed by atoms with Crippen LogP contribution in [0.4, 0.5) is 19.3 Å². The van der Waals surface area contributed by atoms with Gasteiger partial charge in [0.1, 0.15) is 12.4 Å². The highest BCUT2D eigenvalue weighted by molar-refractivity contribution is 8.14. The number of Topliss-reactive ketones (excluding diaryl/α,β-unsaturated/α-hetero) is 1. The summed E-state index contributed by atoms with van der Waals surface area (Å²) in [6.07, 6.45) is 4.51. The van der Waals surface area contributed by atoms with E-state index in [0.29, 0.717) is 46.9 Å². The van der Waals surface area contributed by atoms with E-state index in [9.17, 15) is 18.4 Å². The Balaban J connectivity index is 1.78. The van der Waals surface area contributed by atoms with E-state index in [-0.39, 0.29) is 34.6 Å². The van der Waals surface area contributed by atoms with Crippen LogP contribution in [0.1, 0.15) is 48.9 Å². The number of thioether (sulfide) groups is 1. The van der Waals surface area contributed by atoms with Crippen molar-refractivity contribution in [1.29, 1.82) is 0 Å². The number of anilines is 1. The van der Waals surface area contributed by atoms with Gasteiger partial charge in [-0.1, -0.05) is 44.3 Å². The molecule has 0 atom stereocenters. The maximum absolute atomic E-state index is 13.3. The molecule has 0 radical (unpaired) electrons. The molecule has 35 heavy (non-hydrogen) atoms. The van der Waals surface area contributed by atoms with Crippen LogP contribution >= 0.6 is 11.8 Å². The number of carbonyl (C=O) groups excluding carboxylic acids is 2. The largest absolute Gasteiger partial charge is 0.486 e.